The minimum Gasteiger partial charge on any atom is -0.469 e. The predicted octanol–water partition coefficient (Wildman–Crippen LogP) is 2.15. The van der Waals surface area contributed by atoms with Crippen LogP contribution in [0.4, 0.5) is 0 Å². The predicted molar refractivity (Wildman–Crippen MR) is 115 cm³/mol. The molecular weight excluding hydrogens is 394 g/mol. The molecule has 0 unspecified atom stereocenters. The van der Waals surface area contributed by atoms with Crippen molar-refractivity contribution in [3.63, 3.8) is 0 Å². The molecule has 8 heteroatoms. The number of H-pyrrole nitrogens is 1. The molecule has 3 aromatic rings. The number of hydrogen-bond donors (Lipinski definition) is 2. The summed E-state index contributed by atoms with van der Waals surface area (Å²) in [6.45, 7) is 3.92. The Labute approximate surface area is 180 Å². The van der Waals surface area contributed by atoms with Gasteiger partial charge in [0.15, 0.2) is 0 Å². The van der Waals surface area contributed by atoms with Gasteiger partial charge in [-0.05, 0) is 43.0 Å². The van der Waals surface area contributed by atoms with Gasteiger partial charge in [0, 0.05) is 62.5 Å². The smallest absolute Gasteiger partial charge is 0.263 e. The normalized spacial score (nSPS) is 20.4. The fraction of sp³-hybridized carbons (Fsp3) is 0.435. The lowest BCUT2D eigenvalue weighted by molar-refractivity contribution is 0.0946. The van der Waals surface area contributed by atoms with Gasteiger partial charge < -0.3 is 14.3 Å². The minimum absolute atomic E-state index is 0.168. The zero-order chi connectivity index (χ0) is 21.2. The number of likely N-dealkylation sites (tertiary alicyclic amines) is 1. The molecule has 0 radical (unpaired) electrons. The summed E-state index contributed by atoms with van der Waals surface area (Å²) in [7, 11) is 0. The number of carbonyl (C=O) groups excluding carboxylic acids is 1. The maximum Gasteiger partial charge on any atom is 0.263 e. The molecule has 2 atom stereocenters. The van der Waals surface area contributed by atoms with Crippen molar-refractivity contribution < 1.29 is 9.21 Å². The van der Waals surface area contributed by atoms with Gasteiger partial charge in [-0.2, -0.15) is 5.10 Å². The van der Waals surface area contributed by atoms with Crippen molar-refractivity contribution in [1.29, 1.82) is 0 Å². The number of aromatic nitrogens is 3. The molecule has 0 spiro atoms. The fourth-order valence-corrected chi connectivity index (χ4v) is 4.98. The summed E-state index contributed by atoms with van der Waals surface area (Å²) in [5.41, 5.74) is 2.29. The van der Waals surface area contributed by atoms with E-state index >= 15 is 0 Å². The van der Waals surface area contributed by atoms with Crippen molar-refractivity contribution in [2.45, 2.75) is 38.3 Å². The number of nitrogens with zero attached hydrogens (tertiary/aromatic N) is 3. The minimum atomic E-state index is -0.294. The Kier molecular flexibility index (Phi) is 5.46. The van der Waals surface area contributed by atoms with Crippen LogP contribution in [0.2, 0.25) is 0 Å². The molecule has 5 heterocycles. The van der Waals surface area contributed by atoms with E-state index in [1.807, 2.05) is 35.2 Å². The van der Waals surface area contributed by atoms with Crippen LogP contribution in [0.1, 0.15) is 46.1 Å². The molecule has 2 N–H and O–H groups in total. The van der Waals surface area contributed by atoms with Crippen LogP contribution in [-0.2, 0) is 19.5 Å². The maximum absolute atomic E-state index is 13.1. The first kappa shape index (κ1) is 19.8. The number of furan rings is 1. The molecular formula is C23H27N5O3. The van der Waals surface area contributed by atoms with Gasteiger partial charge in [-0.3, -0.25) is 19.6 Å². The summed E-state index contributed by atoms with van der Waals surface area (Å²) >= 11 is 0. The number of hydrogen-bond acceptors (Lipinski definition) is 5. The van der Waals surface area contributed by atoms with E-state index in [1.54, 1.807) is 12.3 Å². The highest BCUT2D eigenvalue weighted by Gasteiger charge is 2.35. The van der Waals surface area contributed by atoms with Gasteiger partial charge in [0.25, 0.3) is 11.5 Å². The maximum atomic E-state index is 13.1. The molecule has 1 fully saturated rings. The van der Waals surface area contributed by atoms with Crippen LogP contribution in [-0.4, -0.2) is 45.2 Å². The van der Waals surface area contributed by atoms with Crippen LogP contribution in [0, 0.1) is 5.92 Å². The van der Waals surface area contributed by atoms with E-state index < -0.39 is 0 Å². The molecule has 8 nitrogen and oxygen atoms in total. The van der Waals surface area contributed by atoms with Crippen LogP contribution in [0.15, 0.2) is 52.1 Å². The lowest BCUT2D eigenvalue weighted by Crippen LogP contribution is -2.47. The Balaban J connectivity index is 1.24. The van der Waals surface area contributed by atoms with E-state index in [9.17, 15) is 9.59 Å². The molecule has 2 aliphatic rings. The summed E-state index contributed by atoms with van der Waals surface area (Å²) in [5.74, 6) is 1.34. The standard InChI is InChI=1S/C23H27N5O3/c29-22(24-7-1-3-19-4-2-8-31-19)20-5-6-21-18-9-16(14-28(21)23(20)30)12-27(15-18)13-17-10-25-26-11-17/h2,4-6,8,10-11,16,18H,1,3,7,9,12-15H2,(H,24,29)(H,25,26)/t16-,18+/m0/s1. The third-order valence-electron chi connectivity index (χ3n) is 6.35. The number of amides is 1. The topological polar surface area (TPSA) is 96.2 Å². The third-order valence-corrected chi connectivity index (χ3v) is 6.35. The molecule has 5 rings (SSSR count). The van der Waals surface area contributed by atoms with Crippen LogP contribution < -0.4 is 10.9 Å². The molecule has 0 saturated carbocycles. The lowest BCUT2D eigenvalue weighted by atomic mass is 9.83. The highest BCUT2D eigenvalue weighted by atomic mass is 16.3. The van der Waals surface area contributed by atoms with Gasteiger partial charge in [-0.25, -0.2) is 0 Å². The molecule has 3 aromatic heterocycles. The van der Waals surface area contributed by atoms with Crippen LogP contribution in [0.5, 0.6) is 0 Å². The highest BCUT2D eigenvalue weighted by Crippen LogP contribution is 2.35. The zero-order valence-corrected chi connectivity index (χ0v) is 17.4. The van der Waals surface area contributed by atoms with Gasteiger partial charge in [0.2, 0.25) is 0 Å². The number of nitrogens with one attached hydrogen (secondary N) is 2. The van der Waals surface area contributed by atoms with Gasteiger partial charge >= 0.3 is 0 Å². The fourth-order valence-electron chi connectivity index (χ4n) is 4.98. The van der Waals surface area contributed by atoms with E-state index in [2.05, 4.69) is 20.4 Å². The first-order valence-electron chi connectivity index (χ1n) is 10.9. The highest BCUT2D eigenvalue weighted by molar-refractivity contribution is 5.93. The third kappa shape index (κ3) is 4.20. The van der Waals surface area contributed by atoms with E-state index in [0.717, 1.165) is 50.4 Å². The summed E-state index contributed by atoms with van der Waals surface area (Å²) in [5, 5.41) is 9.78. The number of fused-ring (bicyclic) bond motifs is 4. The number of carbonyl (C=O) groups is 1. The van der Waals surface area contributed by atoms with Crippen molar-refractivity contribution in [3.8, 4) is 0 Å². The number of aromatic amines is 1. The summed E-state index contributed by atoms with van der Waals surface area (Å²) in [6.07, 6.45) is 8.07. The first-order valence-corrected chi connectivity index (χ1v) is 10.9. The zero-order valence-electron chi connectivity index (χ0n) is 17.4. The Bertz CT molecular complexity index is 1090. The Hall–Kier alpha value is -3.13. The Morgan fingerprint density at radius 1 is 1.26 bits per heavy atom. The quantitative estimate of drug-likeness (QED) is 0.570. The van der Waals surface area contributed by atoms with Crippen LogP contribution in [0.25, 0.3) is 0 Å². The Morgan fingerprint density at radius 2 is 2.19 bits per heavy atom. The monoisotopic (exact) mass is 421 g/mol. The molecule has 0 aliphatic carbocycles. The number of pyridine rings is 1. The average molecular weight is 422 g/mol. The van der Waals surface area contributed by atoms with Gasteiger partial charge in [0.05, 0.1) is 12.5 Å². The van der Waals surface area contributed by atoms with Gasteiger partial charge in [0.1, 0.15) is 11.3 Å². The van der Waals surface area contributed by atoms with E-state index in [4.69, 9.17) is 4.42 Å². The molecule has 0 aromatic carbocycles. The Morgan fingerprint density at radius 3 is 3.00 bits per heavy atom. The largest absolute Gasteiger partial charge is 0.469 e. The molecule has 2 bridgehead atoms. The SMILES string of the molecule is O=C(NCCCc1ccco1)c1ccc2n(c1=O)C[C@H]1C[C@@H]2CN(Cc2cn[nH]c2)C1. The van der Waals surface area contributed by atoms with Gasteiger partial charge in [-0.15, -0.1) is 0 Å². The van der Waals surface area contributed by atoms with E-state index in [-0.39, 0.29) is 17.0 Å². The second-order valence-electron chi connectivity index (χ2n) is 8.63. The molecule has 1 saturated heterocycles. The second-order valence-corrected chi connectivity index (χ2v) is 8.63. The van der Waals surface area contributed by atoms with Crippen molar-refractivity contribution in [1.82, 2.24) is 25.0 Å². The molecule has 2 aliphatic heterocycles. The summed E-state index contributed by atoms with van der Waals surface area (Å²) < 4.78 is 7.14. The van der Waals surface area contributed by atoms with Crippen molar-refractivity contribution >= 4 is 5.91 Å². The van der Waals surface area contributed by atoms with Crippen molar-refractivity contribution in [2.24, 2.45) is 5.92 Å². The van der Waals surface area contributed by atoms with Crippen LogP contribution >= 0.6 is 0 Å². The number of piperidine rings is 1. The first-order chi connectivity index (χ1) is 15.2. The number of rotatable bonds is 7. The van der Waals surface area contributed by atoms with E-state index in [1.165, 1.54) is 5.56 Å². The molecule has 162 valence electrons. The van der Waals surface area contributed by atoms with Crippen molar-refractivity contribution in [3.05, 3.63) is 75.9 Å². The van der Waals surface area contributed by atoms with Crippen molar-refractivity contribution in [2.75, 3.05) is 19.6 Å². The van der Waals surface area contributed by atoms with E-state index in [0.29, 0.717) is 24.9 Å². The number of aryl methyl sites for hydroxylation is 1. The summed E-state index contributed by atoms with van der Waals surface area (Å²) in [4.78, 5) is 28.2. The molecule has 1 amide bonds. The summed E-state index contributed by atoms with van der Waals surface area (Å²) in [6, 6.07) is 7.45. The second kappa shape index (κ2) is 8.55. The molecule has 31 heavy (non-hydrogen) atoms. The van der Waals surface area contributed by atoms with Crippen LogP contribution in [0.3, 0.4) is 0 Å². The lowest BCUT2D eigenvalue weighted by Gasteiger charge is -2.42. The average Bonchev–Trinajstić information content (AvgIpc) is 3.46. The van der Waals surface area contributed by atoms with Gasteiger partial charge in [-0.1, -0.05) is 0 Å².